The van der Waals surface area contributed by atoms with E-state index in [9.17, 15) is 0 Å². The van der Waals surface area contributed by atoms with Crippen LogP contribution in [0.5, 0.6) is 0 Å². The second kappa shape index (κ2) is 6.28. The molecule has 0 spiro atoms. The molecular weight excluding hydrogens is 240 g/mol. The molecule has 108 valence electrons. The van der Waals surface area contributed by atoms with Crippen molar-refractivity contribution in [2.24, 2.45) is 5.92 Å². The molecule has 5 nitrogen and oxygen atoms in total. The molecule has 3 N–H and O–H groups in total. The molecule has 1 aliphatic heterocycles. The lowest BCUT2D eigenvalue weighted by Crippen LogP contribution is -2.37. The summed E-state index contributed by atoms with van der Waals surface area (Å²) in [4.78, 5) is 2.36. The van der Waals surface area contributed by atoms with Crippen molar-refractivity contribution >= 4 is 11.5 Å². The quantitative estimate of drug-likeness (QED) is 0.852. The summed E-state index contributed by atoms with van der Waals surface area (Å²) in [6.45, 7) is 7.35. The summed E-state index contributed by atoms with van der Waals surface area (Å²) in [7, 11) is 0. The van der Waals surface area contributed by atoms with Gasteiger partial charge in [-0.05, 0) is 38.5 Å². The first-order valence-corrected chi connectivity index (χ1v) is 7.36. The average Bonchev–Trinajstić information content (AvgIpc) is 2.66. The fourth-order valence-corrected chi connectivity index (χ4v) is 2.96. The first kappa shape index (κ1) is 14.2. The zero-order chi connectivity index (χ0) is 13.8. The van der Waals surface area contributed by atoms with Crippen LogP contribution >= 0.6 is 0 Å². The molecule has 0 aliphatic carbocycles. The number of aryl methyl sites for hydroxylation is 2. The molecule has 0 saturated carbocycles. The van der Waals surface area contributed by atoms with Gasteiger partial charge in [0.15, 0.2) is 5.82 Å². The van der Waals surface area contributed by atoms with Crippen LogP contribution in [-0.4, -0.2) is 34.6 Å². The lowest BCUT2D eigenvalue weighted by molar-refractivity contribution is 0.243. The number of aliphatic hydroxyl groups is 1. The Labute approximate surface area is 115 Å². The molecule has 0 bridgehead atoms. The zero-order valence-electron chi connectivity index (χ0n) is 12.1. The van der Waals surface area contributed by atoms with Gasteiger partial charge >= 0.3 is 0 Å². The Morgan fingerprint density at radius 1 is 1.47 bits per heavy atom. The largest absolute Gasteiger partial charge is 0.396 e. The van der Waals surface area contributed by atoms with Crippen LogP contribution in [0.3, 0.4) is 0 Å². The SMILES string of the molecule is CCCn1nc(C)c(N)c1N1CCCC(CCO)C1. The number of rotatable bonds is 5. The summed E-state index contributed by atoms with van der Waals surface area (Å²) in [5.74, 6) is 1.66. The van der Waals surface area contributed by atoms with Gasteiger partial charge in [-0.1, -0.05) is 6.92 Å². The van der Waals surface area contributed by atoms with E-state index in [1.165, 1.54) is 12.8 Å². The van der Waals surface area contributed by atoms with Gasteiger partial charge in [-0.25, -0.2) is 4.68 Å². The summed E-state index contributed by atoms with van der Waals surface area (Å²) in [5, 5.41) is 13.7. The highest BCUT2D eigenvalue weighted by Crippen LogP contribution is 2.31. The summed E-state index contributed by atoms with van der Waals surface area (Å²) in [5.41, 5.74) is 7.95. The van der Waals surface area contributed by atoms with Crippen molar-refractivity contribution < 1.29 is 5.11 Å². The molecule has 1 fully saturated rings. The number of piperidine rings is 1. The number of nitrogens with zero attached hydrogens (tertiary/aromatic N) is 3. The standard InChI is InChI=1S/C14H26N4O/c1-3-7-18-14(13(15)11(2)16-18)17-8-4-5-12(10-17)6-9-19/h12,19H,3-10,15H2,1-2H3. The third kappa shape index (κ3) is 3.03. The topological polar surface area (TPSA) is 67.3 Å². The van der Waals surface area contributed by atoms with E-state index in [2.05, 4.69) is 16.9 Å². The van der Waals surface area contributed by atoms with Crippen LogP contribution in [0, 0.1) is 12.8 Å². The average molecular weight is 266 g/mol. The lowest BCUT2D eigenvalue weighted by atomic mass is 9.95. The molecule has 2 heterocycles. The Morgan fingerprint density at radius 3 is 2.95 bits per heavy atom. The molecule has 0 radical (unpaired) electrons. The molecule has 1 aromatic heterocycles. The maximum Gasteiger partial charge on any atom is 0.150 e. The van der Waals surface area contributed by atoms with Crippen molar-refractivity contribution in [1.29, 1.82) is 0 Å². The second-order valence-electron chi connectivity index (χ2n) is 5.51. The molecular formula is C14H26N4O. The van der Waals surface area contributed by atoms with Crippen LogP contribution in [0.25, 0.3) is 0 Å². The lowest BCUT2D eigenvalue weighted by Gasteiger charge is -2.34. The summed E-state index contributed by atoms with van der Waals surface area (Å²) >= 11 is 0. The highest BCUT2D eigenvalue weighted by atomic mass is 16.3. The van der Waals surface area contributed by atoms with E-state index in [0.717, 1.165) is 49.7 Å². The number of aromatic nitrogens is 2. The number of hydrogen-bond donors (Lipinski definition) is 2. The molecule has 0 amide bonds. The number of anilines is 2. The monoisotopic (exact) mass is 266 g/mol. The molecule has 1 unspecified atom stereocenters. The van der Waals surface area contributed by atoms with Crippen molar-refractivity contribution in [3.05, 3.63) is 5.69 Å². The summed E-state index contributed by atoms with van der Waals surface area (Å²) < 4.78 is 2.05. The second-order valence-corrected chi connectivity index (χ2v) is 5.51. The van der Waals surface area contributed by atoms with E-state index in [0.29, 0.717) is 5.92 Å². The van der Waals surface area contributed by atoms with Crippen LogP contribution < -0.4 is 10.6 Å². The Hall–Kier alpha value is -1.23. The summed E-state index contributed by atoms with van der Waals surface area (Å²) in [6.07, 6.45) is 4.32. The van der Waals surface area contributed by atoms with E-state index in [1.54, 1.807) is 0 Å². The predicted molar refractivity (Wildman–Crippen MR) is 78.3 cm³/mol. The Kier molecular flexibility index (Phi) is 4.69. The van der Waals surface area contributed by atoms with Crippen LogP contribution in [0.4, 0.5) is 11.5 Å². The zero-order valence-corrected chi connectivity index (χ0v) is 12.1. The van der Waals surface area contributed by atoms with Gasteiger partial charge in [-0.15, -0.1) is 0 Å². The van der Waals surface area contributed by atoms with Crippen molar-refractivity contribution in [3.63, 3.8) is 0 Å². The normalized spacial score (nSPS) is 19.9. The Bertz CT molecular complexity index is 414. The number of hydrogen-bond acceptors (Lipinski definition) is 4. The highest BCUT2D eigenvalue weighted by molar-refractivity contribution is 5.66. The van der Waals surface area contributed by atoms with E-state index < -0.39 is 0 Å². The molecule has 1 atom stereocenters. The van der Waals surface area contributed by atoms with Crippen molar-refractivity contribution in [2.45, 2.75) is 46.1 Å². The molecule has 0 aromatic carbocycles. The fourth-order valence-electron chi connectivity index (χ4n) is 2.96. The van der Waals surface area contributed by atoms with E-state index in [-0.39, 0.29) is 6.61 Å². The minimum Gasteiger partial charge on any atom is -0.396 e. The maximum atomic E-state index is 9.11. The third-order valence-electron chi connectivity index (χ3n) is 3.94. The minimum absolute atomic E-state index is 0.279. The molecule has 1 saturated heterocycles. The van der Waals surface area contributed by atoms with Gasteiger partial charge in [-0.3, -0.25) is 0 Å². The van der Waals surface area contributed by atoms with Crippen molar-refractivity contribution in [1.82, 2.24) is 9.78 Å². The molecule has 5 heteroatoms. The Morgan fingerprint density at radius 2 is 2.26 bits per heavy atom. The van der Waals surface area contributed by atoms with Crippen LogP contribution in [0.1, 0.15) is 38.3 Å². The molecule has 19 heavy (non-hydrogen) atoms. The molecule has 1 aliphatic rings. The van der Waals surface area contributed by atoms with E-state index in [1.807, 2.05) is 11.6 Å². The summed E-state index contributed by atoms with van der Waals surface area (Å²) in [6, 6.07) is 0. The van der Waals surface area contributed by atoms with Gasteiger partial charge in [-0.2, -0.15) is 5.10 Å². The maximum absolute atomic E-state index is 9.11. The van der Waals surface area contributed by atoms with Gasteiger partial charge in [0.25, 0.3) is 0 Å². The van der Waals surface area contributed by atoms with E-state index >= 15 is 0 Å². The van der Waals surface area contributed by atoms with Crippen molar-refractivity contribution in [2.75, 3.05) is 30.3 Å². The number of nitrogen functional groups attached to an aromatic ring is 1. The fraction of sp³-hybridized carbons (Fsp3) is 0.786. The molecule has 1 aromatic rings. The van der Waals surface area contributed by atoms with Crippen LogP contribution in [-0.2, 0) is 6.54 Å². The van der Waals surface area contributed by atoms with Crippen LogP contribution in [0.2, 0.25) is 0 Å². The Balaban J connectivity index is 2.20. The number of nitrogens with two attached hydrogens (primary N) is 1. The van der Waals surface area contributed by atoms with Gasteiger partial charge in [0, 0.05) is 26.2 Å². The highest BCUT2D eigenvalue weighted by Gasteiger charge is 2.25. The minimum atomic E-state index is 0.279. The predicted octanol–water partition coefficient (Wildman–Crippen LogP) is 1.78. The van der Waals surface area contributed by atoms with Crippen molar-refractivity contribution in [3.8, 4) is 0 Å². The number of aliphatic hydroxyl groups excluding tert-OH is 1. The van der Waals surface area contributed by atoms with Gasteiger partial charge in [0.05, 0.1) is 11.4 Å². The van der Waals surface area contributed by atoms with Gasteiger partial charge in [0.2, 0.25) is 0 Å². The third-order valence-corrected chi connectivity index (χ3v) is 3.94. The van der Waals surface area contributed by atoms with Gasteiger partial charge in [0.1, 0.15) is 0 Å². The molecule has 2 rings (SSSR count). The van der Waals surface area contributed by atoms with Crippen LogP contribution in [0.15, 0.2) is 0 Å². The van der Waals surface area contributed by atoms with Gasteiger partial charge < -0.3 is 15.7 Å². The van der Waals surface area contributed by atoms with E-state index in [4.69, 9.17) is 10.8 Å². The smallest absolute Gasteiger partial charge is 0.150 e. The first-order valence-electron chi connectivity index (χ1n) is 7.36. The first-order chi connectivity index (χ1) is 9.17.